The van der Waals surface area contributed by atoms with Crippen molar-refractivity contribution in [2.24, 2.45) is 5.41 Å². The second-order valence-corrected chi connectivity index (χ2v) is 11.6. The Morgan fingerprint density at radius 1 is 1.23 bits per heavy atom. The number of carboxylic acid groups (broad SMARTS) is 1. The zero-order valence-corrected chi connectivity index (χ0v) is 21.6. The number of thiophene rings is 1. The predicted molar refractivity (Wildman–Crippen MR) is 142 cm³/mol. The molecule has 8 heteroatoms. The fourth-order valence-electron chi connectivity index (χ4n) is 5.47. The van der Waals surface area contributed by atoms with E-state index < -0.39 is 6.09 Å². The molecular formula is C27H27ClN2O4S. The number of benzene rings is 2. The van der Waals surface area contributed by atoms with Crippen LogP contribution >= 0.6 is 22.9 Å². The van der Waals surface area contributed by atoms with Gasteiger partial charge in [0.1, 0.15) is 10.4 Å². The lowest BCUT2D eigenvalue weighted by Crippen LogP contribution is -2.51. The second-order valence-electron chi connectivity index (χ2n) is 10.3. The molecule has 1 amide bonds. The highest BCUT2D eigenvalue weighted by molar-refractivity contribution is 7.17. The molecular weight excluding hydrogens is 484 g/mol. The first kappa shape index (κ1) is 23.7. The standard InChI is InChI=1S/C27H27ClN2O4S/c1-26(2,3)24(30-25(32)33)27(10-11-27)15-7-5-14(6-8-15)19-18(34-4)13-17(28)21-20(19)16-9-12-35-22(16)23(31)29-21/h5-9,12-13,24,30H,10-11H2,1-4H3,(H,29,31)(H,32,33). The van der Waals surface area contributed by atoms with Gasteiger partial charge in [-0.15, -0.1) is 11.3 Å². The predicted octanol–water partition coefficient (Wildman–Crippen LogP) is 6.79. The Morgan fingerprint density at radius 2 is 1.91 bits per heavy atom. The highest BCUT2D eigenvalue weighted by Crippen LogP contribution is 2.55. The Kier molecular flexibility index (Phi) is 5.61. The molecule has 2 aromatic carbocycles. The van der Waals surface area contributed by atoms with Crippen LogP contribution in [0.2, 0.25) is 5.02 Å². The minimum atomic E-state index is -1.00. The normalized spacial score (nSPS) is 15.8. The van der Waals surface area contributed by atoms with Crippen molar-refractivity contribution >= 4 is 50.0 Å². The highest BCUT2D eigenvalue weighted by atomic mass is 35.5. The summed E-state index contributed by atoms with van der Waals surface area (Å²) >= 11 is 7.94. The first-order valence-corrected chi connectivity index (χ1v) is 12.7. The number of aromatic nitrogens is 1. The summed E-state index contributed by atoms with van der Waals surface area (Å²) in [6.45, 7) is 6.21. The minimum Gasteiger partial charge on any atom is -0.496 e. The van der Waals surface area contributed by atoms with Gasteiger partial charge in [0.25, 0.3) is 5.56 Å². The van der Waals surface area contributed by atoms with Crippen molar-refractivity contribution in [2.75, 3.05) is 7.11 Å². The van der Waals surface area contributed by atoms with Gasteiger partial charge < -0.3 is 20.1 Å². The molecule has 1 fully saturated rings. The zero-order chi connectivity index (χ0) is 25.1. The fraction of sp³-hybridized carbons (Fsp3) is 0.333. The van der Waals surface area contributed by atoms with Crippen LogP contribution in [0.25, 0.3) is 32.1 Å². The van der Waals surface area contributed by atoms with Gasteiger partial charge in [-0.05, 0) is 40.8 Å². The van der Waals surface area contributed by atoms with Crippen molar-refractivity contribution in [1.82, 2.24) is 10.3 Å². The first-order chi connectivity index (χ1) is 16.6. The van der Waals surface area contributed by atoms with Crippen LogP contribution in [0.3, 0.4) is 0 Å². The van der Waals surface area contributed by atoms with Crippen LogP contribution in [0.1, 0.15) is 39.2 Å². The molecule has 1 atom stereocenters. The third kappa shape index (κ3) is 3.87. The van der Waals surface area contributed by atoms with Crippen molar-refractivity contribution in [2.45, 2.75) is 45.1 Å². The summed E-state index contributed by atoms with van der Waals surface area (Å²) in [5, 5.41) is 16.3. The summed E-state index contributed by atoms with van der Waals surface area (Å²) in [7, 11) is 1.61. The maximum absolute atomic E-state index is 12.6. The fourth-order valence-corrected chi connectivity index (χ4v) is 6.51. The molecule has 0 saturated heterocycles. The quantitative estimate of drug-likeness (QED) is 0.276. The molecule has 2 heterocycles. The van der Waals surface area contributed by atoms with Crippen molar-refractivity contribution < 1.29 is 14.6 Å². The van der Waals surface area contributed by atoms with Gasteiger partial charge in [0.15, 0.2) is 0 Å². The number of carbonyl (C=O) groups is 1. The van der Waals surface area contributed by atoms with E-state index in [4.69, 9.17) is 16.3 Å². The largest absolute Gasteiger partial charge is 0.496 e. The van der Waals surface area contributed by atoms with Gasteiger partial charge in [-0.1, -0.05) is 56.6 Å². The number of hydrogen-bond acceptors (Lipinski definition) is 4. The maximum Gasteiger partial charge on any atom is 0.404 e. The zero-order valence-electron chi connectivity index (χ0n) is 20.0. The molecule has 5 rings (SSSR count). The molecule has 3 N–H and O–H groups in total. The number of H-pyrrole nitrogens is 1. The van der Waals surface area contributed by atoms with Gasteiger partial charge in [0.05, 0.1) is 17.6 Å². The summed E-state index contributed by atoms with van der Waals surface area (Å²) in [4.78, 5) is 27.1. The van der Waals surface area contributed by atoms with E-state index in [9.17, 15) is 14.7 Å². The van der Waals surface area contributed by atoms with E-state index in [2.05, 4.69) is 43.2 Å². The average Bonchev–Trinajstić information content (AvgIpc) is 3.44. The number of amides is 1. The van der Waals surface area contributed by atoms with Crippen LogP contribution in [-0.2, 0) is 5.41 Å². The topological polar surface area (TPSA) is 91.4 Å². The summed E-state index contributed by atoms with van der Waals surface area (Å²) in [5.41, 5.74) is 2.86. The van der Waals surface area contributed by atoms with Gasteiger partial charge in [-0.25, -0.2) is 4.79 Å². The molecule has 35 heavy (non-hydrogen) atoms. The third-order valence-corrected chi connectivity index (χ3v) is 8.28. The molecule has 0 spiro atoms. The Morgan fingerprint density at radius 3 is 2.49 bits per heavy atom. The number of ether oxygens (including phenoxy) is 1. The monoisotopic (exact) mass is 510 g/mol. The van der Waals surface area contributed by atoms with E-state index in [-0.39, 0.29) is 22.4 Å². The molecule has 2 aromatic heterocycles. The molecule has 0 aliphatic heterocycles. The van der Waals surface area contributed by atoms with E-state index >= 15 is 0 Å². The molecule has 4 aromatic rings. The van der Waals surface area contributed by atoms with Crippen LogP contribution in [0, 0.1) is 5.41 Å². The van der Waals surface area contributed by atoms with E-state index in [0.717, 1.165) is 40.3 Å². The van der Waals surface area contributed by atoms with Crippen LogP contribution in [0.5, 0.6) is 5.75 Å². The Bertz CT molecular complexity index is 1510. The summed E-state index contributed by atoms with van der Waals surface area (Å²) in [6, 6.07) is 11.7. The summed E-state index contributed by atoms with van der Waals surface area (Å²) in [6.07, 6.45) is 0.857. The van der Waals surface area contributed by atoms with Crippen LogP contribution in [-0.4, -0.2) is 29.3 Å². The van der Waals surface area contributed by atoms with E-state index in [1.54, 1.807) is 13.2 Å². The number of aromatic amines is 1. The maximum atomic E-state index is 12.6. The average molecular weight is 511 g/mol. The van der Waals surface area contributed by atoms with E-state index in [0.29, 0.717) is 21.0 Å². The molecule has 1 aliphatic rings. The Labute approximate surface area is 211 Å². The van der Waals surface area contributed by atoms with Crippen molar-refractivity contribution in [1.29, 1.82) is 0 Å². The number of hydrogen-bond donors (Lipinski definition) is 3. The number of methoxy groups -OCH3 is 1. The molecule has 0 radical (unpaired) electrons. The van der Waals surface area contributed by atoms with Gasteiger partial charge in [-0.2, -0.15) is 0 Å². The highest BCUT2D eigenvalue weighted by Gasteiger charge is 2.55. The van der Waals surface area contributed by atoms with Crippen LogP contribution < -0.4 is 15.6 Å². The molecule has 1 aliphatic carbocycles. The lowest BCUT2D eigenvalue weighted by atomic mass is 9.73. The summed E-state index contributed by atoms with van der Waals surface area (Å²) < 4.78 is 6.38. The molecule has 6 nitrogen and oxygen atoms in total. The molecule has 1 unspecified atom stereocenters. The number of halogens is 1. The van der Waals surface area contributed by atoms with Crippen LogP contribution in [0.15, 0.2) is 46.6 Å². The van der Waals surface area contributed by atoms with Gasteiger partial charge in [-0.3, -0.25) is 4.79 Å². The van der Waals surface area contributed by atoms with Crippen LogP contribution in [0.4, 0.5) is 4.79 Å². The van der Waals surface area contributed by atoms with Gasteiger partial charge in [0.2, 0.25) is 0 Å². The Hall–Kier alpha value is -3.03. The van der Waals surface area contributed by atoms with Gasteiger partial charge in [0, 0.05) is 33.9 Å². The first-order valence-electron chi connectivity index (χ1n) is 11.5. The second kappa shape index (κ2) is 8.28. The Balaban J connectivity index is 1.67. The lowest BCUT2D eigenvalue weighted by Gasteiger charge is -2.38. The smallest absolute Gasteiger partial charge is 0.404 e. The third-order valence-electron chi connectivity index (χ3n) is 7.07. The SMILES string of the molecule is COc1cc(Cl)c2[nH]c(=O)c3sccc3c2c1-c1ccc(C2(C(NC(=O)O)C(C)(C)C)CC2)cc1. The van der Waals surface area contributed by atoms with Crippen molar-refractivity contribution in [3.05, 3.63) is 62.7 Å². The minimum absolute atomic E-state index is 0.161. The lowest BCUT2D eigenvalue weighted by molar-refractivity contribution is 0.162. The number of rotatable bonds is 5. The number of pyridine rings is 1. The van der Waals surface area contributed by atoms with Crippen molar-refractivity contribution in [3.8, 4) is 16.9 Å². The van der Waals surface area contributed by atoms with E-state index in [1.807, 2.05) is 23.6 Å². The number of fused-ring (bicyclic) bond motifs is 3. The van der Waals surface area contributed by atoms with E-state index in [1.165, 1.54) is 11.3 Å². The van der Waals surface area contributed by atoms with Gasteiger partial charge >= 0.3 is 6.09 Å². The number of nitrogens with one attached hydrogen (secondary N) is 2. The molecule has 182 valence electrons. The molecule has 1 saturated carbocycles. The summed E-state index contributed by atoms with van der Waals surface area (Å²) in [5.74, 6) is 0.621. The molecule has 0 bridgehead atoms. The van der Waals surface area contributed by atoms with Crippen molar-refractivity contribution in [3.63, 3.8) is 0 Å².